The molecular weight excluding hydrogens is 174 g/mol. The van der Waals surface area contributed by atoms with E-state index in [1.165, 1.54) is 6.42 Å². The molecule has 1 atom stereocenters. The van der Waals surface area contributed by atoms with Gasteiger partial charge in [0.1, 0.15) is 0 Å². The lowest BCUT2D eigenvalue weighted by Gasteiger charge is -2.13. The molecule has 1 N–H and O–H groups in total. The van der Waals surface area contributed by atoms with Crippen molar-refractivity contribution < 1.29 is 0 Å². The van der Waals surface area contributed by atoms with Crippen LogP contribution in [0.15, 0.2) is 12.4 Å². The Morgan fingerprint density at radius 3 is 2.71 bits per heavy atom. The minimum Gasteiger partial charge on any atom is -0.314 e. The number of rotatable bonds is 5. The number of nitrogens with zero attached hydrogens (tertiary/aromatic N) is 2. The Kier molecular flexibility index (Phi) is 4.53. The van der Waals surface area contributed by atoms with E-state index in [1.54, 1.807) is 12.4 Å². The molecule has 0 aliphatic carbocycles. The van der Waals surface area contributed by atoms with Crippen LogP contribution in [0.5, 0.6) is 0 Å². The topological polar surface area (TPSA) is 37.8 Å². The normalized spacial score (nSPS) is 12.8. The molecule has 1 rings (SSSR count). The zero-order valence-corrected chi connectivity index (χ0v) is 9.25. The molecule has 3 heteroatoms. The molecule has 0 amide bonds. The Labute approximate surface area is 86.0 Å². The first-order chi connectivity index (χ1) is 6.74. The summed E-state index contributed by atoms with van der Waals surface area (Å²) < 4.78 is 0. The molecular formula is C11H19N3. The molecule has 0 fully saturated rings. The van der Waals surface area contributed by atoms with E-state index < -0.39 is 0 Å². The Morgan fingerprint density at radius 2 is 2.07 bits per heavy atom. The Bertz CT molecular complexity index is 273. The molecule has 0 aliphatic rings. The second kappa shape index (κ2) is 5.70. The van der Waals surface area contributed by atoms with Crippen LogP contribution in [0.2, 0.25) is 0 Å². The van der Waals surface area contributed by atoms with E-state index in [-0.39, 0.29) is 0 Å². The van der Waals surface area contributed by atoms with Crippen LogP contribution in [-0.2, 0) is 6.42 Å². The van der Waals surface area contributed by atoms with Gasteiger partial charge in [-0.25, -0.2) is 0 Å². The van der Waals surface area contributed by atoms with E-state index in [1.807, 2.05) is 6.92 Å². The Hall–Kier alpha value is -0.960. The summed E-state index contributed by atoms with van der Waals surface area (Å²) in [6.07, 6.45) is 5.63. The minimum absolute atomic E-state index is 0.477. The second-order valence-electron chi connectivity index (χ2n) is 3.65. The molecule has 0 radical (unpaired) electrons. The monoisotopic (exact) mass is 193 g/mol. The van der Waals surface area contributed by atoms with Crippen LogP contribution in [0.4, 0.5) is 0 Å². The van der Waals surface area contributed by atoms with E-state index in [0.29, 0.717) is 6.04 Å². The molecule has 78 valence electrons. The highest BCUT2D eigenvalue weighted by molar-refractivity contribution is 5.09. The van der Waals surface area contributed by atoms with Crippen molar-refractivity contribution in [2.24, 2.45) is 0 Å². The first-order valence-corrected chi connectivity index (χ1v) is 5.24. The van der Waals surface area contributed by atoms with Gasteiger partial charge in [0.2, 0.25) is 0 Å². The highest BCUT2D eigenvalue weighted by atomic mass is 14.9. The maximum Gasteiger partial charge on any atom is 0.0631 e. The molecule has 3 nitrogen and oxygen atoms in total. The van der Waals surface area contributed by atoms with E-state index >= 15 is 0 Å². The van der Waals surface area contributed by atoms with Gasteiger partial charge in [-0.3, -0.25) is 9.97 Å². The van der Waals surface area contributed by atoms with Crippen molar-refractivity contribution in [1.82, 2.24) is 15.3 Å². The van der Waals surface area contributed by atoms with Crippen molar-refractivity contribution in [3.05, 3.63) is 23.8 Å². The first kappa shape index (κ1) is 11.1. The van der Waals surface area contributed by atoms with Crippen LogP contribution in [-0.4, -0.2) is 22.6 Å². The van der Waals surface area contributed by atoms with Crippen LogP contribution in [0.1, 0.15) is 31.7 Å². The lowest BCUT2D eigenvalue weighted by Crippen LogP contribution is -2.29. The van der Waals surface area contributed by atoms with Gasteiger partial charge in [0.15, 0.2) is 0 Å². The summed E-state index contributed by atoms with van der Waals surface area (Å²) in [5.41, 5.74) is 2.14. The van der Waals surface area contributed by atoms with E-state index in [4.69, 9.17) is 0 Å². The SMILES string of the molecule is CCCNC(C)Cc1nccnc1C. The molecule has 0 bridgehead atoms. The standard InChI is InChI=1S/C11H19N3/c1-4-5-12-9(2)8-11-10(3)13-6-7-14-11/h6-7,9,12H,4-5,8H2,1-3H3. The summed E-state index contributed by atoms with van der Waals surface area (Å²) in [7, 11) is 0. The predicted molar refractivity (Wildman–Crippen MR) is 58.2 cm³/mol. The van der Waals surface area contributed by atoms with Crippen molar-refractivity contribution in [2.45, 2.75) is 39.7 Å². The third-order valence-corrected chi connectivity index (χ3v) is 2.23. The van der Waals surface area contributed by atoms with Gasteiger partial charge in [-0.15, -0.1) is 0 Å². The molecule has 1 unspecified atom stereocenters. The zero-order valence-electron chi connectivity index (χ0n) is 9.25. The largest absolute Gasteiger partial charge is 0.314 e. The average Bonchev–Trinajstić information content (AvgIpc) is 2.18. The summed E-state index contributed by atoms with van der Waals surface area (Å²) in [4.78, 5) is 8.55. The van der Waals surface area contributed by atoms with E-state index in [2.05, 4.69) is 29.1 Å². The molecule has 14 heavy (non-hydrogen) atoms. The van der Waals surface area contributed by atoms with Gasteiger partial charge in [-0.2, -0.15) is 0 Å². The van der Waals surface area contributed by atoms with Gasteiger partial charge >= 0.3 is 0 Å². The van der Waals surface area contributed by atoms with Gasteiger partial charge in [0.25, 0.3) is 0 Å². The average molecular weight is 193 g/mol. The fourth-order valence-electron chi connectivity index (χ4n) is 1.39. The third kappa shape index (κ3) is 3.42. The number of aryl methyl sites for hydroxylation is 1. The molecule has 1 heterocycles. The van der Waals surface area contributed by atoms with Crippen LogP contribution >= 0.6 is 0 Å². The van der Waals surface area contributed by atoms with Crippen molar-refractivity contribution in [3.63, 3.8) is 0 Å². The summed E-state index contributed by atoms with van der Waals surface area (Å²) in [5, 5.41) is 3.44. The second-order valence-corrected chi connectivity index (χ2v) is 3.65. The quantitative estimate of drug-likeness (QED) is 0.773. The maximum absolute atomic E-state index is 4.32. The van der Waals surface area contributed by atoms with E-state index in [0.717, 1.165) is 24.4 Å². The summed E-state index contributed by atoms with van der Waals surface area (Å²) in [6, 6.07) is 0.477. The number of nitrogens with one attached hydrogen (secondary N) is 1. The lowest BCUT2D eigenvalue weighted by atomic mass is 10.1. The fourth-order valence-corrected chi connectivity index (χ4v) is 1.39. The molecule has 1 aromatic heterocycles. The minimum atomic E-state index is 0.477. The summed E-state index contributed by atoms with van der Waals surface area (Å²) >= 11 is 0. The van der Waals surface area contributed by atoms with Crippen molar-refractivity contribution in [1.29, 1.82) is 0 Å². The summed E-state index contributed by atoms with van der Waals surface area (Å²) in [5.74, 6) is 0. The van der Waals surface area contributed by atoms with Crippen molar-refractivity contribution in [3.8, 4) is 0 Å². The molecule has 0 aliphatic heterocycles. The molecule has 0 spiro atoms. The van der Waals surface area contributed by atoms with Crippen LogP contribution in [0, 0.1) is 6.92 Å². The number of hydrogen-bond donors (Lipinski definition) is 1. The Morgan fingerprint density at radius 1 is 1.36 bits per heavy atom. The van der Waals surface area contributed by atoms with Gasteiger partial charge in [0, 0.05) is 24.9 Å². The Balaban J connectivity index is 2.47. The highest BCUT2D eigenvalue weighted by Crippen LogP contribution is 2.03. The van der Waals surface area contributed by atoms with Gasteiger partial charge in [-0.05, 0) is 26.8 Å². The lowest BCUT2D eigenvalue weighted by molar-refractivity contribution is 0.536. The number of hydrogen-bond acceptors (Lipinski definition) is 3. The van der Waals surface area contributed by atoms with Crippen LogP contribution in [0.25, 0.3) is 0 Å². The zero-order chi connectivity index (χ0) is 10.4. The van der Waals surface area contributed by atoms with Gasteiger partial charge < -0.3 is 5.32 Å². The van der Waals surface area contributed by atoms with Gasteiger partial charge in [0.05, 0.1) is 11.4 Å². The third-order valence-electron chi connectivity index (χ3n) is 2.23. The van der Waals surface area contributed by atoms with Crippen LogP contribution < -0.4 is 5.32 Å². The molecule has 1 aromatic rings. The first-order valence-electron chi connectivity index (χ1n) is 5.24. The van der Waals surface area contributed by atoms with Crippen molar-refractivity contribution >= 4 is 0 Å². The van der Waals surface area contributed by atoms with Gasteiger partial charge in [-0.1, -0.05) is 6.92 Å². The highest BCUT2D eigenvalue weighted by Gasteiger charge is 2.05. The number of aromatic nitrogens is 2. The molecule has 0 saturated heterocycles. The smallest absolute Gasteiger partial charge is 0.0631 e. The predicted octanol–water partition coefficient (Wildman–Crippen LogP) is 1.72. The maximum atomic E-state index is 4.32. The molecule has 0 aromatic carbocycles. The summed E-state index contributed by atoms with van der Waals surface area (Å²) in [6.45, 7) is 7.44. The fraction of sp³-hybridized carbons (Fsp3) is 0.636. The van der Waals surface area contributed by atoms with Crippen LogP contribution in [0.3, 0.4) is 0 Å². The van der Waals surface area contributed by atoms with E-state index in [9.17, 15) is 0 Å². The molecule has 0 saturated carbocycles. The van der Waals surface area contributed by atoms with Crippen molar-refractivity contribution in [2.75, 3.05) is 6.54 Å².